The lowest BCUT2D eigenvalue weighted by Gasteiger charge is -2.16. The highest BCUT2D eigenvalue weighted by Gasteiger charge is 2.23. The van der Waals surface area contributed by atoms with Gasteiger partial charge in [0.25, 0.3) is 0 Å². The third-order valence-corrected chi connectivity index (χ3v) is 4.65. The highest BCUT2D eigenvalue weighted by atomic mass is 32.2. The number of halogens is 1. The Morgan fingerprint density at radius 3 is 2.95 bits per heavy atom. The van der Waals surface area contributed by atoms with Crippen LogP contribution < -0.4 is 0 Å². The van der Waals surface area contributed by atoms with Crippen molar-refractivity contribution >= 4 is 11.8 Å². The van der Waals surface area contributed by atoms with Gasteiger partial charge in [-0.05, 0) is 35.8 Å². The van der Waals surface area contributed by atoms with E-state index in [2.05, 4.69) is 19.6 Å². The molecular formula is C17H16FNS. The Hall–Kier alpha value is -1.79. The first kappa shape index (κ1) is 14.6. The molecule has 0 aliphatic carbocycles. The molecule has 1 aliphatic heterocycles. The molecule has 1 aliphatic rings. The van der Waals surface area contributed by atoms with Gasteiger partial charge in [0.2, 0.25) is 0 Å². The third-order valence-electron chi connectivity index (χ3n) is 3.43. The predicted molar refractivity (Wildman–Crippen MR) is 82.7 cm³/mol. The van der Waals surface area contributed by atoms with Crippen LogP contribution in [0.15, 0.2) is 53.0 Å². The van der Waals surface area contributed by atoms with Crippen LogP contribution in [0.2, 0.25) is 0 Å². The third kappa shape index (κ3) is 2.71. The van der Waals surface area contributed by atoms with E-state index in [0.717, 1.165) is 21.6 Å². The minimum absolute atomic E-state index is 0.122. The Bertz CT molecular complexity index is 649. The molecule has 0 N–H and O–H groups in total. The number of allylic oxidation sites excluding steroid dienone is 4. The van der Waals surface area contributed by atoms with Crippen LogP contribution >= 0.6 is 11.8 Å². The molecule has 0 bridgehead atoms. The maximum atomic E-state index is 13.4. The number of rotatable bonds is 2. The zero-order valence-electron chi connectivity index (χ0n) is 11.6. The van der Waals surface area contributed by atoms with Crippen molar-refractivity contribution in [2.45, 2.75) is 25.5 Å². The van der Waals surface area contributed by atoms with E-state index in [1.165, 1.54) is 6.07 Å². The average Bonchev–Trinajstić information content (AvgIpc) is 2.57. The molecule has 0 amide bonds. The topological polar surface area (TPSA) is 23.8 Å². The maximum absolute atomic E-state index is 13.4. The van der Waals surface area contributed by atoms with Crippen molar-refractivity contribution in [2.75, 3.05) is 0 Å². The summed E-state index contributed by atoms with van der Waals surface area (Å²) in [6.07, 6.45) is 3.99. The van der Waals surface area contributed by atoms with Crippen LogP contribution in [-0.2, 0) is 5.75 Å². The Morgan fingerprint density at radius 1 is 1.55 bits per heavy atom. The summed E-state index contributed by atoms with van der Waals surface area (Å²) >= 11 is 1.56. The van der Waals surface area contributed by atoms with Crippen molar-refractivity contribution in [1.29, 1.82) is 5.26 Å². The molecule has 1 heterocycles. The van der Waals surface area contributed by atoms with Gasteiger partial charge in [0.15, 0.2) is 0 Å². The van der Waals surface area contributed by atoms with Crippen LogP contribution in [-0.4, -0.2) is 0 Å². The fraction of sp³-hybridized carbons (Fsp3) is 0.235. The monoisotopic (exact) mass is 285 g/mol. The molecule has 0 saturated heterocycles. The molecule has 2 rings (SSSR count). The first-order valence-electron chi connectivity index (χ1n) is 6.45. The number of thioether (sulfide) groups is 1. The van der Waals surface area contributed by atoms with Gasteiger partial charge in [-0.2, -0.15) is 5.26 Å². The van der Waals surface area contributed by atoms with Gasteiger partial charge in [-0.15, -0.1) is 11.8 Å². The van der Waals surface area contributed by atoms with Gasteiger partial charge in [-0.3, -0.25) is 0 Å². The fourth-order valence-corrected chi connectivity index (χ4v) is 3.61. The Morgan fingerprint density at radius 2 is 2.30 bits per heavy atom. The Balaban J connectivity index is 2.59. The summed E-state index contributed by atoms with van der Waals surface area (Å²) in [5.41, 5.74) is 3.66. The standard InChI is InChI=1S/C17H16FNS/c1-4-5-16-12(3)15-7-6-14(18)8-13(15)10-20-17(16)11(2)9-19/h4-8,12H,2,10H2,1,3H3/b5-4-. The minimum atomic E-state index is -0.216. The molecule has 0 radical (unpaired) electrons. The molecule has 0 aromatic heterocycles. The number of nitrogens with zero attached hydrogens (tertiary/aromatic N) is 1. The van der Waals surface area contributed by atoms with Gasteiger partial charge in [0, 0.05) is 16.6 Å². The number of hydrogen-bond acceptors (Lipinski definition) is 2. The fourth-order valence-electron chi connectivity index (χ4n) is 2.43. The van der Waals surface area contributed by atoms with Gasteiger partial charge in [0.1, 0.15) is 5.82 Å². The van der Waals surface area contributed by atoms with Gasteiger partial charge in [-0.1, -0.05) is 31.7 Å². The van der Waals surface area contributed by atoms with E-state index in [9.17, 15) is 4.39 Å². The van der Waals surface area contributed by atoms with E-state index in [4.69, 9.17) is 5.26 Å². The highest BCUT2D eigenvalue weighted by Crippen LogP contribution is 2.42. The Kier molecular flexibility index (Phi) is 4.46. The molecule has 1 nitrogen and oxygen atoms in total. The van der Waals surface area contributed by atoms with Crippen LogP contribution in [0.1, 0.15) is 30.9 Å². The molecule has 3 heteroatoms. The second-order valence-corrected chi connectivity index (χ2v) is 5.71. The largest absolute Gasteiger partial charge is 0.207 e. The van der Waals surface area contributed by atoms with E-state index in [0.29, 0.717) is 11.3 Å². The zero-order valence-corrected chi connectivity index (χ0v) is 12.4. The van der Waals surface area contributed by atoms with Crippen LogP contribution in [0, 0.1) is 17.1 Å². The molecular weight excluding hydrogens is 269 g/mol. The lowest BCUT2D eigenvalue weighted by atomic mass is 9.88. The highest BCUT2D eigenvalue weighted by molar-refractivity contribution is 8.02. The van der Waals surface area contributed by atoms with Crippen LogP contribution in [0.4, 0.5) is 4.39 Å². The van der Waals surface area contributed by atoms with Crippen molar-refractivity contribution in [2.24, 2.45) is 0 Å². The molecule has 1 aromatic carbocycles. The number of nitriles is 1. The molecule has 0 spiro atoms. The Labute approximate surface area is 123 Å². The first-order valence-corrected chi connectivity index (χ1v) is 7.44. The molecule has 0 fully saturated rings. The smallest absolute Gasteiger partial charge is 0.123 e. The molecule has 1 unspecified atom stereocenters. The molecule has 0 saturated carbocycles. The second-order valence-electron chi connectivity index (χ2n) is 4.73. The van der Waals surface area contributed by atoms with Crippen molar-refractivity contribution in [3.05, 3.63) is 69.9 Å². The number of hydrogen-bond donors (Lipinski definition) is 0. The van der Waals surface area contributed by atoms with Crippen molar-refractivity contribution < 1.29 is 4.39 Å². The second kappa shape index (κ2) is 6.11. The van der Waals surface area contributed by atoms with Crippen LogP contribution in [0.3, 0.4) is 0 Å². The zero-order chi connectivity index (χ0) is 14.7. The predicted octanol–water partition coefficient (Wildman–Crippen LogP) is 5.09. The normalized spacial score (nSPS) is 18.6. The maximum Gasteiger partial charge on any atom is 0.123 e. The summed E-state index contributed by atoms with van der Waals surface area (Å²) in [6, 6.07) is 7.06. The molecule has 1 atom stereocenters. The van der Waals surface area contributed by atoms with Gasteiger partial charge < -0.3 is 0 Å². The summed E-state index contributed by atoms with van der Waals surface area (Å²) in [5.74, 6) is 0.567. The summed E-state index contributed by atoms with van der Waals surface area (Å²) in [6.45, 7) is 7.88. The molecule has 102 valence electrons. The quantitative estimate of drug-likeness (QED) is 0.707. The number of fused-ring (bicyclic) bond motifs is 1. The number of benzene rings is 1. The lowest BCUT2D eigenvalue weighted by Crippen LogP contribution is -2.00. The lowest BCUT2D eigenvalue weighted by molar-refractivity contribution is 0.625. The van der Waals surface area contributed by atoms with Gasteiger partial charge in [0.05, 0.1) is 11.6 Å². The summed E-state index contributed by atoms with van der Waals surface area (Å²) < 4.78 is 13.4. The van der Waals surface area contributed by atoms with Crippen molar-refractivity contribution in [3.8, 4) is 6.07 Å². The van der Waals surface area contributed by atoms with Gasteiger partial charge >= 0.3 is 0 Å². The van der Waals surface area contributed by atoms with Gasteiger partial charge in [-0.25, -0.2) is 4.39 Å². The van der Waals surface area contributed by atoms with E-state index in [-0.39, 0.29) is 11.7 Å². The summed E-state index contributed by atoms with van der Waals surface area (Å²) in [5, 5.41) is 9.13. The first-order chi connectivity index (χ1) is 9.58. The summed E-state index contributed by atoms with van der Waals surface area (Å²) in [7, 11) is 0. The van der Waals surface area contributed by atoms with E-state index >= 15 is 0 Å². The molecule has 1 aromatic rings. The van der Waals surface area contributed by atoms with E-state index < -0.39 is 0 Å². The SMILES string of the molecule is C=C(C#N)C1=C(/C=C\C)C(C)c2ccc(F)cc2CS1. The van der Waals surface area contributed by atoms with E-state index in [1.807, 2.05) is 25.1 Å². The molecule has 20 heavy (non-hydrogen) atoms. The minimum Gasteiger partial charge on any atom is -0.207 e. The van der Waals surface area contributed by atoms with Crippen LogP contribution in [0.5, 0.6) is 0 Å². The van der Waals surface area contributed by atoms with E-state index in [1.54, 1.807) is 17.8 Å². The van der Waals surface area contributed by atoms with Crippen LogP contribution in [0.25, 0.3) is 0 Å². The van der Waals surface area contributed by atoms with Crippen molar-refractivity contribution in [3.63, 3.8) is 0 Å². The summed E-state index contributed by atoms with van der Waals surface area (Å²) in [4.78, 5) is 0.912. The average molecular weight is 285 g/mol. The van der Waals surface area contributed by atoms with Crippen molar-refractivity contribution in [1.82, 2.24) is 0 Å².